The number of hydrogen-bond donors (Lipinski definition) is 3. The summed E-state index contributed by atoms with van der Waals surface area (Å²) < 4.78 is 5.74. The third-order valence-corrected chi connectivity index (χ3v) is 9.18. The molecule has 0 radical (unpaired) electrons. The Morgan fingerprint density at radius 3 is 2.18 bits per heavy atom. The van der Waals surface area contributed by atoms with E-state index >= 15 is 0 Å². The Morgan fingerprint density at radius 2 is 1.56 bits per heavy atom. The fourth-order valence-electron chi connectivity index (χ4n) is 6.71. The monoisotopic (exact) mass is 604 g/mol. The largest absolute Gasteiger partial charge is 0.508 e. The number of carbonyl (C=O) groups is 3. The zero-order chi connectivity index (χ0) is 31.7. The fraction of sp³-hybridized carbons (Fsp3) is 0.270. The number of carboxylic acids is 1. The molecule has 0 unspecified atom stereocenters. The maximum Gasteiger partial charge on any atom is 0.411 e. The van der Waals surface area contributed by atoms with E-state index in [0.717, 1.165) is 38.9 Å². The van der Waals surface area contributed by atoms with Crippen LogP contribution < -0.4 is 5.32 Å². The lowest BCUT2D eigenvalue weighted by molar-refractivity contribution is -0.154. The van der Waals surface area contributed by atoms with Gasteiger partial charge in [0.15, 0.2) is 0 Å². The van der Waals surface area contributed by atoms with E-state index in [9.17, 15) is 24.6 Å². The molecule has 0 spiro atoms. The van der Waals surface area contributed by atoms with Crippen LogP contribution in [0.25, 0.3) is 11.1 Å². The molecule has 1 heterocycles. The summed E-state index contributed by atoms with van der Waals surface area (Å²) in [7, 11) is 0. The minimum atomic E-state index is -1.04. The number of fused-ring (bicyclic) bond motifs is 4. The molecule has 4 aromatic rings. The minimum Gasteiger partial charge on any atom is -0.508 e. The van der Waals surface area contributed by atoms with E-state index < -0.39 is 24.0 Å². The standard InChI is InChI=1S/C37H36N2O6/c1-3-22(2)34(36(42)43)39-20-24-19-25(14-17-27(24)32(35(39)41)18-23-12-15-26(40)16-13-23)38-37(44)45-21-33-30-10-6-4-8-28(30)29-9-5-7-11-31(29)33/h4-17,19,22,32-34,40H,3,18,20-21H2,1-2H3,(H,38,44)(H,42,43)/t22-,32+,34-/m0/s1. The lowest BCUT2D eigenvalue weighted by Crippen LogP contribution is -2.52. The molecule has 0 saturated carbocycles. The van der Waals surface area contributed by atoms with Crippen molar-refractivity contribution >= 4 is 23.7 Å². The van der Waals surface area contributed by atoms with Gasteiger partial charge in [-0.3, -0.25) is 10.1 Å². The molecule has 3 N–H and O–H groups in total. The summed E-state index contributed by atoms with van der Waals surface area (Å²) in [4.78, 5) is 40.8. The maximum absolute atomic E-state index is 13.9. The van der Waals surface area contributed by atoms with Gasteiger partial charge in [-0.05, 0) is 75.5 Å². The molecule has 8 nitrogen and oxygen atoms in total. The number of phenols is 1. The number of nitrogens with one attached hydrogen (secondary N) is 1. The van der Waals surface area contributed by atoms with Gasteiger partial charge in [0.05, 0.1) is 5.92 Å². The van der Waals surface area contributed by atoms with Gasteiger partial charge in [-0.1, -0.05) is 87.0 Å². The van der Waals surface area contributed by atoms with Gasteiger partial charge in [0.2, 0.25) is 5.91 Å². The van der Waals surface area contributed by atoms with Crippen molar-refractivity contribution in [3.8, 4) is 16.9 Å². The van der Waals surface area contributed by atoms with Crippen LogP contribution in [0.5, 0.6) is 5.75 Å². The molecule has 3 atom stereocenters. The van der Waals surface area contributed by atoms with Crippen LogP contribution >= 0.6 is 0 Å². The average Bonchev–Trinajstić information content (AvgIpc) is 3.36. The molecule has 1 aliphatic carbocycles. The number of aromatic hydroxyl groups is 1. The van der Waals surface area contributed by atoms with Gasteiger partial charge in [-0.2, -0.15) is 0 Å². The van der Waals surface area contributed by atoms with E-state index in [1.54, 1.807) is 36.4 Å². The molecule has 8 heteroatoms. The number of carbonyl (C=O) groups excluding carboxylic acids is 2. The Labute approximate surface area is 262 Å². The summed E-state index contributed by atoms with van der Waals surface area (Å²) in [5, 5.41) is 22.7. The van der Waals surface area contributed by atoms with Gasteiger partial charge in [0.1, 0.15) is 18.4 Å². The van der Waals surface area contributed by atoms with E-state index in [1.807, 2.05) is 44.2 Å². The minimum absolute atomic E-state index is 0.0691. The second-order valence-corrected chi connectivity index (χ2v) is 11.9. The van der Waals surface area contributed by atoms with Crippen LogP contribution in [0.15, 0.2) is 91.0 Å². The predicted octanol–water partition coefficient (Wildman–Crippen LogP) is 6.92. The third kappa shape index (κ3) is 5.88. The number of anilines is 1. The molecule has 2 amide bonds. The fourth-order valence-corrected chi connectivity index (χ4v) is 6.71. The van der Waals surface area contributed by atoms with Gasteiger partial charge in [0, 0.05) is 18.2 Å². The number of hydrogen-bond acceptors (Lipinski definition) is 5. The first-order valence-corrected chi connectivity index (χ1v) is 15.3. The number of aliphatic carboxylic acids is 1. The van der Waals surface area contributed by atoms with Crippen molar-refractivity contribution in [3.05, 3.63) is 119 Å². The number of ether oxygens (including phenoxy) is 1. The lowest BCUT2D eigenvalue weighted by atomic mass is 9.82. The second kappa shape index (κ2) is 12.5. The topological polar surface area (TPSA) is 116 Å². The predicted molar refractivity (Wildman–Crippen MR) is 171 cm³/mol. The number of benzene rings is 4. The molecule has 6 rings (SSSR count). The van der Waals surface area contributed by atoms with Crippen molar-refractivity contribution in [2.24, 2.45) is 5.92 Å². The molecule has 0 saturated heterocycles. The SMILES string of the molecule is CC[C@H](C)[C@@H](C(=O)O)N1Cc2cc(NC(=O)OCC3c4ccccc4-c4ccccc43)ccc2[C@@H](Cc2ccc(O)cc2)C1=O. The van der Waals surface area contributed by atoms with E-state index in [2.05, 4.69) is 29.6 Å². The van der Waals surface area contributed by atoms with Gasteiger partial charge in [0.25, 0.3) is 0 Å². The normalized spacial score (nSPS) is 16.7. The molecule has 2 aliphatic rings. The Morgan fingerprint density at radius 1 is 0.911 bits per heavy atom. The zero-order valence-electron chi connectivity index (χ0n) is 25.3. The summed E-state index contributed by atoms with van der Waals surface area (Å²) in [5.41, 5.74) is 7.44. The van der Waals surface area contributed by atoms with Crippen molar-refractivity contribution in [3.63, 3.8) is 0 Å². The summed E-state index contributed by atoms with van der Waals surface area (Å²) in [6.07, 6.45) is 0.345. The number of nitrogens with zero attached hydrogens (tertiary/aromatic N) is 1. The molecule has 0 fully saturated rings. The number of amides is 2. The highest BCUT2D eigenvalue weighted by atomic mass is 16.5. The van der Waals surface area contributed by atoms with Crippen molar-refractivity contribution in [2.75, 3.05) is 11.9 Å². The van der Waals surface area contributed by atoms with E-state index in [0.29, 0.717) is 18.5 Å². The lowest BCUT2D eigenvalue weighted by Gasteiger charge is -2.39. The highest BCUT2D eigenvalue weighted by Gasteiger charge is 2.41. The van der Waals surface area contributed by atoms with Gasteiger partial charge < -0.3 is 19.8 Å². The summed E-state index contributed by atoms with van der Waals surface area (Å²) >= 11 is 0. The van der Waals surface area contributed by atoms with Gasteiger partial charge >= 0.3 is 12.1 Å². The Balaban J connectivity index is 1.23. The maximum atomic E-state index is 13.9. The van der Waals surface area contributed by atoms with Crippen LogP contribution in [0.3, 0.4) is 0 Å². The first-order chi connectivity index (χ1) is 21.7. The molecular formula is C37H36N2O6. The quantitative estimate of drug-likeness (QED) is 0.191. The van der Waals surface area contributed by atoms with Crippen molar-refractivity contribution in [1.82, 2.24) is 4.90 Å². The van der Waals surface area contributed by atoms with E-state index in [-0.39, 0.29) is 36.6 Å². The highest BCUT2D eigenvalue weighted by molar-refractivity contribution is 5.91. The molecule has 0 bridgehead atoms. The van der Waals surface area contributed by atoms with Gasteiger partial charge in [-0.15, -0.1) is 0 Å². The second-order valence-electron chi connectivity index (χ2n) is 11.9. The highest BCUT2D eigenvalue weighted by Crippen LogP contribution is 2.44. The first-order valence-electron chi connectivity index (χ1n) is 15.3. The third-order valence-electron chi connectivity index (χ3n) is 9.18. The Kier molecular flexibility index (Phi) is 8.30. The summed E-state index contributed by atoms with van der Waals surface area (Å²) in [5.74, 6) is -2.11. The van der Waals surface area contributed by atoms with Crippen LogP contribution in [-0.2, 0) is 27.3 Å². The van der Waals surface area contributed by atoms with Crippen molar-refractivity contribution in [2.45, 2.75) is 51.1 Å². The molecule has 230 valence electrons. The van der Waals surface area contributed by atoms with Gasteiger partial charge in [-0.25, -0.2) is 9.59 Å². The first kappa shape index (κ1) is 29.9. The van der Waals surface area contributed by atoms with Crippen LogP contribution in [0.2, 0.25) is 0 Å². The van der Waals surface area contributed by atoms with Crippen LogP contribution in [0.1, 0.15) is 59.9 Å². The van der Waals surface area contributed by atoms with E-state index in [4.69, 9.17) is 4.74 Å². The Hall–Kier alpha value is -5.11. The Bertz CT molecular complexity index is 1700. The summed E-state index contributed by atoms with van der Waals surface area (Å²) in [6, 6.07) is 27.3. The number of carboxylic acid groups (broad SMARTS) is 1. The summed E-state index contributed by atoms with van der Waals surface area (Å²) in [6.45, 7) is 4.04. The van der Waals surface area contributed by atoms with E-state index in [1.165, 1.54) is 4.90 Å². The number of rotatable bonds is 9. The van der Waals surface area contributed by atoms with Crippen molar-refractivity contribution in [1.29, 1.82) is 0 Å². The molecule has 0 aromatic heterocycles. The number of phenolic OH excluding ortho intramolecular Hbond substituents is 1. The molecule has 1 aliphatic heterocycles. The molecule has 4 aromatic carbocycles. The van der Waals surface area contributed by atoms with Crippen LogP contribution in [0.4, 0.5) is 10.5 Å². The van der Waals surface area contributed by atoms with Crippen LogP contribution in [-0.4, -0.2) is 45.7 Å². The molecule has 45 heavy (non-hydrogen) atoms. The molecular weight excluding hydrogens is 568 g/mol. The zero-order valence-corrected chi connectivity index (χ0v) is 25.3. The van der Waals surface area contributed by atoms with Crippen LogP contribution in [0, 0.1) is 5.92 Å². The smallest absolute Gasteiger partial charge is 0.411 e. The average molecular weight is 605 g/mol. The van der Waals surface area contributed by atoms with Crippen molar-refractivity contribution < 1.29 is 29.3 Å².